The Morgan fingerprint density at radius 2 is 2.06 bits per heavy atom. The summed E-state index contributed by atoms with van der Waals surface area (Å²) in [5.74, 6) is 0. The van der Waals surface area contributed by atoms with Crippen LogP contribution in [0.4, 0.5) is 4.79 Å². The molecule has 0 aromatic carbocycles. The lowest BCUT2D eigenvalue weighted by atomic mass is 10.3. The Hall–Kier alpha value is -0.850. The lowest BCUT2D eigenvalue weighted by Crippen LogP contribution is -3.11. The van der Waals surface area contributed by atoms with Gasteiger partial charge in [0.15, 0.2) is 0 Å². The van der Waals surface area contributed by atoms with Crippen molar-refractivity contribution in [2.45, 2.75) is 32.5 Å². The van der Waals surface area contributed by atoms with Crippen LogP contribution in [0.3, 0.4) is 0 Å². The minimum absolute atomic E-state index is 0.149. The van der Waals surface area contributed by atoms with Gasteiger partial charge in [0.25, 0.3) is 6.16 Å². The molecule has 1 aliphatic rings. The maximum absolute atomic E-state index is 9.59. The number of hydrogen-bond donors (Lipinski definition) is 1. The van der Waals surface area contributed by atoms with E-state index in [2.05, 4.69) is 42.3 Å². The van der Waals surface area contributed by atoms with Crippen molar-refractivity contribution in [3.63, 3.8) is 0 Å². The van der Waals surface area contributed by atoms with Crippen LogP contribution >= 0.6 is 0 Å². The molecule has 1 aliphatic heterocycles. The van der Waals surface area contributed by atoms with Crippen LogP contribution < -0.4 is 10.0 Å². The van der Waals surface area contributed by atoms with Gasteiger partial charge in [-0.3, -0.25) is 0 Å². The molecule has 6 heteroatoms. The fraction of sp³-hybridized carbons (Fsp3) is 0.917. The highest BCUT2D eigenvalue weighted by molar-refractivity contribution is 5.53. The standard InChI is InChI=1S/C7H16N2.C5H10O4/c1-6-5-8(3)7(2)9(6)4;1-8-3-2-4-9-5(6)7/h6-7H,5H2,1-4H3;2-4H2,1H3,(H,6,7). The van der Waals surface area contributed by atoms with E-state index in [4.69, 9.17) is 0 Å². The van der Waals surface area contributed by atoms with Crippen molar-refractivity contribution >= 4 is 6.16 Å². The summed E-state index contributed by atoms with van der Waals surface area (Å²) >= 11 is 0. The molecule has 3 atom stereocenters. The molecule has 1 N–H and O–H groups in total. The van der Waals surface area contributed by atoms with Gasteiger partial charge in [0.2, 0.25) is 0 Å². The first-order valence-corrected chi connectivity index (χ1v) is 6.27. The van der Waals surface area contributed by atoms with E-state index in [9.17, 15) is 9.90 Å². The molecule has 6 nitrogen and oxygen atoms in total. The molecule has 0 radical (unpaired) electrons. The van der Waals surface area contributed by atoms with Crippen molar-refractivity contribution in [1.82, 2.24) is 4.90 Å². The number of methoxy groups -OCH3 is 1. The van der Waals surface area contributed by atoms with Crippen molar-refractivity contribution in [3.8, 4) is 0 Å². The van der Waals surface area contributed by atoms with Crippen LogP contribution in [-0.2, 0) is 9.47 Å². The molecule has 18 heavy (non-hydrogen) atoms. The number of nitrogens with zero attached hydrogens (tertiary/aromatic N) is 1. The van der Waals surface area contributed by atoms with E-state index in [1.165, 1.54) is 6.54 Å². The number of rotatable bonds is 4. The molecule has 0 saturated carbocycles. The molecule has 1 saturated heterocycles. The minimum atomic E-state index is -1.48. The zero-order valence-electron chi connectivity index (χ0n) is 12.1. The molecule has 0 aromatic rings. The number of carbonyl (C=O) groups is 1. The number of nitrogens with one attached hydrogen (secondary N) is 1. The van der Waals surface area contributed by atoms with Crippen LogP contribution in [0.25, 0.3) is 0 Å². The largest absolute Gasteiger partial charge is 0.550 e. The molecule has 1 rings (SSSR count). The van der Waals surface area contributed by atoms with Crippen molar-refractivity contribution in [2.75, 3.05) is 41.0 Å². The summed E-state index contributed by atoms with van der Waals surface area (Å²) in [5, 5.41) is 9.59. The average Bonchev–Trinajstić information content (AvgIpc) is 2.53. The SMILES string of the molecule is CC1C[NH+](C)C(C)N1C.COCCCOC(=O)[O-]. The molecular weight excluding hydrogens is 236 g/mol. The van der Waals surface area contributed by atoms with Crippen LogP contribution in [-0.4, -0.2) is 64.2 Å². The second-order valence-corrected chi connectivity index (χ2v) is 4.69. The molecule has 0 aromatic heterocycles. The molecule has 3 unspecified atom stereocenters. The minimum Gasteiger partial charge on any atom is -0.550 e. The quantitative estimate of drug-likeness (QED) is 0.497. The molecule has 0 amide bonds. The number of hydrogen-bond acceptors (Lipinski definition) is 5. The van der Waals surface area contributed by atoms with E-state index in [1.807, 2.05) is 0 Å². The fourth-order valence-corrected chi connectivity index (χ4v) is 1.87. The molecule has 1 heterocycles. The van der Waals surface area contributed by atoms with Crippen LogP contribution in [0.1, 0.15) is 20.3 Å². The summed E-state index contributed by atoms with van der Waals surface area (Å²) in [6.07, 6.45) is -0.198. The van der Waals surface area contributed by atoms with Crippen molar-refractivity contribution in [1.29, 1.82) is 0 Å². The third-order valence-electron chi connectivity index (χ3n) is 3.35. The lowest BCUT2D eigenvalue weighted by Gasteiger charge is -2.17. The Bertz CT molecular complexity index is 226. The van der Waals surface area contributed by atoms with Gasteiger partial charge in [-0.05, 0) is 20.4 Å². The highest BCUT2D eigenvalue weighted by atomic mass is 16.7. The zero-order valence-corrected chi connectivity index (χ0v) is 12.1. The Labute approximate surface area is 109 Å². The second-order valence-electron chi connectivity index (χ2n) is 4.69. The zero-order chi connectivity index (χ0) is 14.1. The van der Waals surface area contributed by atoms with Gasteiger partial charge in [0.1, 0.15) is 6.17 Å². The molecular formula is C12H26N2O4. The third kappa shape index (κ3) is 6.78. The Morgan fingerprint density at radius 1 is 1.44 bits per heavy atom. The first-order chi connectivity index (χ1) is 8.40. The van der Waals surface area contributed by atoms with Crippen LogP contribution in [0.5, 0.6) is 0 Å². The van der Waals surface area contributed by atoms with Gasteiger partial charge in [-0.2, -0.15) is 0 Å². The van der Waals surface area contributed by atoms with E-state index < -0.39 is 6.16 Å². The van der Waals surface area contributed by atoms with Gasteiger partial charge < -0.3 is 24.3 Å². The molecule has 0 bridgehead atoms. The van der Waals surface area contributed by atoms with Crippen molar-refractivity contribution in [3.05, 3.63) is 0 Å². The summed E-state index contributed by atoms with van der Waals surface area (Å²) < 4.78 is 8.70. The van der Waals surface area contributed by atoms with Crippen LogP contribution in [0, 0.1) is 0 Å². The van der Waals surface area contributed by atoms with Gasteiger partial charge in [-0.25, -0.2) is 4.90 Å². The maximum Gasteiger partial charge on any atom is 0.251 e. The average molecular weight is 262 g/mol. The van der Waals surface area contributed by atoms with E-state index in [-0.39, 0.29) is 6.61 Å². The van der Waals surface area contributed by atoms with Crippen molar-refractivity contribution < 1.29 is 24.3 Å². The Kier molecular flexibility index (Phi) is 8.70. The van der Waals surface area contributed by atoms with E-state index >= 15 is 0 Å². The van der Waals surface area contributed by atoms with E-state index in [0.717, 1.165) is 6.04 Å². The van der Waals surface area contributed by atoms with Gasteiger partial charge in [-0.15, -0.1) is 0 Å². The predicted octanol–water partition coefficient (Wildman–Crippen LogP) is -1.44. The topological polar surface area (TPSA) is 66.3 Å². The molecule has 1 fully saturated rings. The van der Waals surface area contributed by atoms with Gasteiger partial charge >= 0.3 is 0 Å². The van der Waals surface area contributed by atoms with Crippen molar-refractivity contribution in [2.24, 2.45) is 0 Å². The third-order valence-corrected chi connectivity index (χ3v) is 3.35. The summed E-state index contributed by atoms with van der Waals surface area (Å²) in [5.41, 5.74) is 0. The summed E-state index contributed by atoms with van der Waals surface area (Å²) in [7, 11) is 6.00. The van der Waals surface area contributed by atoms with Gasteiger partial charge in [-0.1, -0.05) is 0 Å². The highest BCUT2D eigenvalue weighted by Gasteiger charge is 2.31. The van der Waals surface area contributed by atoms with E-state index in [0.29, 0.717) is 19.2 Å². The number of carboxylic acid groups (broad SMARTS) is 1. The second kappa shape index (κ2) is 9.13. The van der Waals surface area contributed by atoms with Crippen LogP contribution in [0.15, 0.2) is 0 Å². The fourth-order valence-electron chi connectivity index (χ4n) is 1.87. The molecule has 0 spiro atoms. The lowest BCUT2D eigenvalue weighted by molar-refractivity contribution is -0.896. The number of likely N-dealkylation sites (N-methyl/N-ethyl adjacent to an activating group) is 2. The predicted molar refractivity (Wildman–Crippen MR) is 66.3 cm³/mol. The van der Waals surface area contributed by atoms with Crippen LogP contribution in [0.2, 0.25) is 0 Å². The summed E-state index contributed by atoms with van der Waals surface area (Å²) in [4.78, 5) is 13.6. The molecule has 0 aliphatic carbocycles. The number of carbonyl (C=O) groups excluding carboxylic acids is 1. The normalized spacial score (nSPS) is 27.5. The van der Waals surface area contributed by atoms with Gasteiger partial charge in [0.05, 0.1) is 19.6 Å². The maximum atomic E-state index is 9.59. The smallest absolute Gasteiger partial charge is 0.251 e. The number of ether oxygens (including phenoxy) is 2. The van der Waals surface area contributed by atoms with Gasteiger partial charge in [0, 0.05) is 27.2 Å². The molecule has 108 valence electrons. The summed E-state index contributed by atoms with van der Waals surface area (Å²) in [6.45, 7) is 6.51. The summed E-state index contributed by atoms with van der Waals surface area (Å²) in [6, 6.07) is 0.764. The first-order valence-electron chi connectivity index (χ1n) is 6.27. The Balaban J connectivity index is 0.000000321. The first kappa shape index (κ1) is 17.2. The number of quaternary nitrogens is 1. The monoisotopic (exact) mass is 262 g/mol. The highest BCUT2D eigenvalue weighted by Crippen LogP contribution is 2.00. The Morgan fingerprint density at radius 3 is 2.33 bits per heavy atom. The van der Waals surface area contributed by atoms with E-state index in [1.54, 1.807) is 12.0 Å².